The molecule has 15 heavy (non-hydrogen) atoms. The Kier molecular flexibility index (Phi) is 3.52. The Morgan fingerprint density at radius 1 is 1.40 bits per heavy atom. The minimum absolute atomic E-state index is 0.187. The van der Waals surface area contributed by atoms with Gasteiger partial charge in [-0.1, -0.05) is 13.0 Å². The first-order chi connectivity index (χ1) is 6.86. The van der Waals surface area contributed by atoms with Gasteiger partial charge in [-0.25, -0.2) is 8.42 Å². The first kappa shape index (κ1) is 12.2. The van der Waals surface area contributed by atoms with Crippen LogP contribution in [0.1, 0.15) is 24.0 Å². The van der Waals surface area contributed by atoms with Gasteiger partial charge in [0.15, 0.2) is 9.84 Å². The van der Waals surface area contributed by atoms with E-state index in [9.17, 15) is 8.42 Å². The Morgan fingerprint density at radius 3 is 2.47 bits per heavy atom. The Bertz CT molecular complexity index is 452. The third kappa shape index (κ3) is 2.79. The van der Waals surface area contributed by atoms with Crippen LogP contribution in [0.4, 0.5) is 0 Å². The average molecular weight is 227 g/mol. The summed E-state index contributed by atoms with van der Waals surface area (Å²) in [7, 11) is -3.12. The molecule has 1 rings (SSSR count). The molecule has 84 valence electrons. The van der Waals surface area contributed by atoms with Gasteiger partial charge in [0.2, 0.25) is 0 Å². The molecule has 1 aromatic carbocycles. The number of rotatable bonds is 3. The molecule has 0 fully saturated rings. The molecule has 0 spiro atoms. The SMILES string of the molecule is Cc1ccc(S(C)(=O)=O)cc1C(C)CN. The minimum atomic E-state index is -3.12. The summed E-state index contributed by atoms with van der Waals surface area (Å²) < 4.78 is 22.8. The average Bonchev–Trinajstić information content (AvgIpc) is 2.15. The van der Waals surface area contributed by atoms with Crippen molar-refractivity contribution in [2.24, 2.45) is 5.73 Å². The number of aryl methyl sites for hydroxylation is 1. The molecule has 0 aromatic heterocycles. The van der Waals surface area contributed by atoms with Crippen LogP contribution in [0.25, 0.3) is 0 Å². The fourth-order valence-electron chi connectivity index (χ4n) is 1.51. The predicted octanol–water partition coefficient (Wildman–Crippen LogP) is 1.46. The number of benzene rings is 1. The van der Waals surface area contributed by atoms with Crippen molar-refractivity contribution < 1.29 is 8.42 Å². The summed E-state index contributed by atoms with van der Waals surface area (Å²) in [6.07, 6.45) is 1.22. The maximum Gasteiger partial charge on any atom is 0.175 e. The third-order valence-electron chi connectivity index (χ3n) is 2.56. The number of nitrogens with two attached hydrogens (primary N) is 1. The molecule has 0 radical (unpaired) electrons. The van der Waals surface area contributed by atoms with Crippen molar-refractivity contribution in [3.63, 3.8) is 0 Å². The Labute approximate surface area is 91.2 Å². The molecule has 3 nitrogen and oxygen atoms in total. The summed E-state index contributed by atoms with van der Waals surface area (Å²) in [5, 5.41) is 0. The summed E-state index contributed by atoms with van der Waals surface area (Å²) in [5.41, 5.74) is 7.68. The summed E-state index contributed by atoms with van der Waals surface area (Å²) in [5.74, 6) is 0.187. The normalized spacial score (nSPS) is 13.9. The van der Waals surface area contributed by atoms with Gasteiger partial charge >= 0.3 is 0 Å². The molecular formula is C11H17NO2S. The van der Waals surface area contributed by atoms with E-state index in [1.165, 1.54) is 6.26 Å². The first-order valence-corrected chi connectivity index (χ1v) is 6.76. The van der Waals surface area contributed by atoms with Crippen LogP contribution in [0.3, 0.4) is 0 Å². The van der Waals surface area contributed by atoms with Crippen molar-refractivity contribution in [3.05, 3.63) is 29.3 Å². The monoisotopic (exact) mass is 227 g/mol. The lowest BCUT2D eigenvalue weighted by molar-refractivity contribution is 0.601. The van der Waals surface area contributed by atoms with E-state index in [1.807, 2.05) is 19.9 Å². The molecule has 0 aliphatic rings. The van der Waals surface area contributed by atoms with E-state index >= 15 is 0 Å². The molecule has 0 aliphatic carbocycles. The van der Waals surface area contributed by atoms with Crippen molar-refractivity contribution in [2.75, 3.05) is 12.8 Å². The van der Waals surface area contributed by atoms with E-state index in [0.29, 0.717) is 11.4 Å². The van der Waals surface area contributed by atoms with Crippen LogP contribution in [0.2, 0.25) is 0 Å². The van der Waals surface area contributed by atoms with E-state index in [4.69, 9.17) is 5.73 Å². The van der Waals surface area contributed by atoms with Crippen molar-refractivity contribution >= 4 is 9.84 Å². The van der Waals surface area contributed by atoms with E-state index in [-0.39, 0.29) is 5.92 Å². The van der Waals surface area contributed by atoms with Gasteiger partial charge in [0.25, 0.3) is 0 Å². The minimum Gasteiger partial charge on any atom is -0.330 e. The Balaban J connectivity index is 3.29. The first-order valence-electron chi connectivity index (χ1n) is 4.87. The van der Waals surface area contributed by atoms with Gasteiger partial charge in [0.05, 0.1) is 4.90 Å². The van der Waals surface area contributed by atoms with Crippen LogP contribution in [-0.2, 0) is 9.84 Å². The van der Waals surface area contributed by atoms with Crippen LogP contribution in [-0.4, -0.2) is 21.2 Å². The Hall–Kier alpha value is -0.870. The zero-order valence-corrected chi connectivity index (χ0v) is 10.1. The fourth-order valence-corrected chi connectivity index (χ4v) is 2.16. The third-order valence-corrected chi connectivity index (χ3v) is 3.67. The van der Waals surface area contributed by atoms with Crippen molar-refractivity contribution in [1.29, 1.82) is 0 Å². The standard InChI is InChI=1S/C11H17NO2S/c1-8-4-5-10(15(3,13)14)6-11(8)9(2)7-12/h4-6,9H,7,12H2,1-3H3. The van der Waals surface area contributed by atoms with Gasteiger partial charge in [0, 0.05) is 6.26 Å². The van der Waals surface area contributed by atoms with Gasteiger partial charge in [-0.05, 0) is 42.6 Å². The number of sulfone groups is 1. The van der Waals surface area contributed by atoms with E-state index in [0.717, 1.165) is 11.1 Å². The van der Waals surface area contributed by atoms with Crippen molar-refractivity contribution in [1.82, 2.24) is 0 Å². The second-order valence-corrected chi connectivity index (χ2v) is 5.94. The van der Waals surface area contributed by atoms with E-state index in [2.05, 4.69) is 0 Å². The molecule has 0 saturated carbocycles. The second-order valence-electron chi connectivity index (χ2n) is 3.93. The van der Waals surface area contributed by atoms with Crippen LogP contribution < -0.4 is 5.73 Å². The summed E-state index contributed by atoms with van der Waals surface area (Å²) >= 11 is 0. The number of hydrogen-bond donors (Lipinski definition) is 1. The molecule has 1 aromatic rings. The van der Waals surface area contributed by atoms with Gasteiger partial charge < -0.3 is 5.73 Å². The van der Waals surface area contributed by atoms with Crippen LogP contribution in [0.5, 0.6) is 0 Å². The molecule has 0 heterocycles. The molecule has 2 N–H and O–H groups in total. The smallest absolute Gasteiger partial charge is 0.175 e. The summed E-state index contributed by atoms with van der Waals surface area (Å²) in [4.78, 5) is 0.364. The molecular weight excluding hydrogens is 210 g/mol. The molecule has 1 unspecified atom stereocenters. The highest BCUT2D eigenvalue weighted by Crippen LogP contribution is 2.22. The van der Waals surface area contributed by atoms with Crippen LogP contribution in [0, 0.1) is 6.92 Å². The van der Waals surface area contributed by atoms with Crippen molar-refractivity contribution in [2.45, 2.75) is 24.7 Å². The Morgan fingerprint density at radius 2 is 2.00 bits per heavy atom. The topological polar surface area (TPSA) is 60.2 Å². The van der Waals surface area contributed by atoms with Gasteiger partial charge in [0.1, 0.15) is 0 Å². The van der Waals surface area contributed by atoms with Crippen LogP contribution >= 0.6 is 0 Å². The maximum absolute atomic E-state index is 11.4. The molecule has 4 heteroatoms. The fraction of sp³-hybridized carbons (Fsp3) is 0.455. The molecule has 1 atom stereocenters. The lowest BCUT2D eigenvalue weighted by Gasteiger charge is -2.13. The van der Waals surface area contributed by atoms with Gasteiger partial charge in [-0.2, -0.15) is 0 Å². The quantitative estimate of drug-likeness (QED) is 0.850. The van der Waals surface area contributed by atoms with Crippen molar-refractivity contribution in [3.8, 4) is 0 Å². The zero-order valence-electron chi connectivity index (χ0n) is 9.32. The largest absolute Gasteiger partial charge is 0.330 e. The highest BCUT2D eigenvalue weighted by atomic mass is 32.2. The molecule has 0 aliphatic heterocycles. The van der Waals surface area contributed by atoms with Gasteiger partial charge in [-0.15, -0.1) is 0 Å². The molecule has 0 saturated heterocycles. The predicted molar refractivity (Wildman–Crippen MR) is 61.8 cm³/mol. The van der Waals surface area contributed by atoms with E-state index in [1.54, 1.807) is 12.1 Å². The highest BCUT2D eigenvalue weighted by Gasteiger charge is 2.12. The van der Waals surface area contributed by atoms with Crippen LogP contribution in [0.15, 0.2) is 23.1 Å². The molecule has 0 bridgehead atoms. The zero-order chi connectivity index (χ0) is 11.6. The summed E-state index contributed by atoms with van der Waals surface area (Å²) in [6, 6.07) is 5.19. The molecule has 0 amide bonds. The lowest BCUT2D eigenvalue weighted by Crippen LogP contribution is -2.11. The van der Waals surface area contributed by atoms with Gasteiger partial charge in [-0.3, -0.25) is 0 Å². The lowest BCUT2D eigenvalue weighted by atomic mass is 9.97. The summed E-state index contributed by atoms with van der Waals surface area (Å²) in [6.45, 7) is 4.48. The highest BCUT2D eigenvalue weighted by molar-refractivity contribution is 7.90. The van der Waals surface area contributed by atoms with E-state index < -0.39 is 9.84 Å². The number of hydrogen-bond acceptors (Lipinski definition) is 3. The second kappa shape index (κ2) is 4.33. The maximum atomic E-state index is 11.4.